The van der Waals surface area contributed by atoms with Gasteiger partial charge in [-0.25, -0.2) is 0 Å². The predicted molar refractivity (Wildman–Crippen MR) is 67.7 cm³/mol. The fourth-order valence-electron chi connectivity index (χ4n) is 3.69. The Kier molecular flexibility index (Phi) is 5.12. The summed E-state index contributed by atoms with van der Waals surface area (Å²) in [5.41, 5.74) is 0. The first-order valence-corrected chi connectivity index (χ1v) is 7.43. The number of aliphatic hydroxyl groups is 1. The summed E-state index contributed by atoms with van der Waals surface area (Å²) < 4.78 is 38.9. The Hall–Kier alpha value is -0.290. The fraction of sp³-hybridized carbons (Fsp3) is 1.00. The van der Waals surface area contributed by atoms with Crippen LogP contribution in [0.1, 0.15) is 44.9 Å². The van der Waals surface area contributed by atoms with Crippen molar-refractivity contribution < 1.29 is 18.3 Å². The van der Waals surface area contributed by atoms with Crippen LogP contribution < -0.4 is 5.32 Å². The average Bonchev–Trinajstić information content (AvgIpc) is 2.83. The van der Waals surface area contributed by atoms with Gasteiger partial charge in [0.25, 0.3) is 0 Å². The van der Waals surface area contributed by atoms with Crippen molar-refractivity contribution in [3.8, 4) is 0 Å². The molecule has 19 heavy (non-hydrogen) atoms. The van der Waals surface area contributed by atoms with Crippen molar-refractivity contribution in [2.45, 2.75) is 57.2 Å². The Balaban J connectivity index is 1.86. The lowest BCUT2D eigenvalue weighted by Gasteiger charge is -2.34. The Morgan fingerprint density at radius 1 is 0.947 bits per heavy atom. The summed E-state index contributed by atoms with van der Waals surface area (Å²) in [5, 5.41) is 12.4. The number of rotatable bonds is 4. The number of hydrogen-bond donors (Lipinski definition) is 2. The zero-order chi connectivity index (χ0) is 13.9. The van der Waals surface area contributed by atoms with Crippen molar-refractivity contribution in [1.29, 1.82) is 0 Å². The van der Waals surface area contributed by atoms with E-state index in [1.165, 1.54) is 0 Å². The number of aliphatic hydroxyl groups excluding tert-OH is 1. The van der Waals surface area contributed by atoms with Crippen LogP contribution in [0, 0.1) is 17.8 Å². The van der Waals surface area contributed by atoms with Gasteiger partial charge < -0.3 is 10.4 Å². The quantitative estimate of drug-likeness (QED) is 0.829. The van der Waals surface area contributed by atoms with Gasteiger partial charge in [0.2, 0.25) is 0 Å². The Labute approximate surface area is 112 Å². The maximum absolute atomic E-state index is 13.0. The van der Waals surface area contributed by atoms with Crippen molar-refractivity contribution in [1.82, 2.24) is 5.32 Å². The minimum absolute atomic E-state index is 0.166. The van der Waals surface area contributed by atoms with Crippen LogP contribution in [0.5, 0.6) is 0 Å². The summed E-state index contributed by atoms with van der Waals surface area (Å²) >= 11 is 0. The first-order valence-electron chi connectivity index (χ1n) is 7.43. The smallest absolute Gasteiger partial charge is 0.393 e. The molecule has 0 amide bonds. The van der Waals surface area contributed by atoms with E-state index < -0.39 is 18.1 Å². The second kappa shape index (κ2) is 6.44. The van der Waals surface area contributed by atoms with Gasteiger partial charge in [-0.2, -0.15) is 13.2 Å². The van der Waals surface area contributed by atoms with Crippen molar-refractivity contribution in [2.75, 3.05) is 13.2 Å². The summed E-state index contributed by atoms with van der Waals surface area (Å²) in [6.45, 7) is 0.794. The van der Waals surface area contributed by atoms with Crippen molar-refractivity contribution >= 4 is 0 Å². The molecular weight excluding hydrogens is 255 g/mol. The Morgan fingerprint density at radius 3 is 2.32 bits per heavy atom. The lowest BCUT2D eigenvalue weighted by Crippen LogP contribution is -2.47. The summed E-state index contributed by atoms with van der Waals surface area (Å²) in [7, 11) is 0. The molecule has 5 heteroatoms. The zero-order valence-electron chi connectivity index (χ0n) is 11.3. The molecule has 2 N–H and O–H groups in total. The monoisotopic (exact) mass is 279 g/mol. The first kappa shape index (κ1) is 15.1. The molecule has 0 aromatic heterocycles. The highest BCUT2D eigenvalue weighted by Gasteiger charge is 2.45. The third-order valence-corrected chi connectivity index (χ3v) is 4.88. The molecule has 0 aromatic rings. The molecule has 0 aromatic carbocycles. The molecule has 2 rings (SSSR count). The molecule has 0 aliphatic heterocycles. The van der Waals surface area contributed by atoms with Crippen LogP contribution in [-0.2, 0) is 0 Å². The second-order valence-electron chi connectivity index (χ2n) is 6.08. The van der Waals surface area contributed by atoms with E-state index in [2.05, 4.69) is 5.32 Å². The molecule has 0 spiro atoms. The topological polar surface area (TPSA) is 32.3 Å². The lowest BCUT2D eigenvalue weighted by molar-refractivity contribution is -0.189. The van der Waals surface area contributed by atoms with Crippen LogP contribution in [0.25, 0.3) is 0 Å². The number of halogens is 3. The van der Waals surface area contributed by atoms with Gasteiger partial charge >= 0.3 is 6.18 Å². The predicted octanol–water partition coefficient (Wildman–Crippen LogP) is 3.11. The van der Waals surface area contributed by atoms with Gasteiger partial charge in [0.15, 0.2) is 0 Å². The Morgan fingerprint density at radius 2 is 1.63 bits per heavy atom. The van der Waals surface area contributed by atoms with Gasteiger partial charge in [0, 0.05) is 12.6 Å². The molecule has 4 unspecified atom stereocenters. The third-order valence-electron chi connectivity index (χ3n) is 4.88. The Bertz CT molecular complexity index is 282. The highest BCUT2D eigenvalue weighted by atomic mass is 19.4. The van der Waals surface area contributed by atoms with Crippen LogP contribution in [0.3, 0.4) is 0 Å². The lowest BCUT2D eigenvalue weighted by atomic mass is 9.83. The number of alkyl halides is 3. The summed E-state index contributed by atoms with van der Waals surface area (Å²) in [4.78, 5) is 0. The van der Waals surface area contributed by atoms with Crippen molar-refractivity contribution in [2.24, 2.45) is 17.8 Å². The van der Waals surface area contributed by atoms with E-state index >= 15 is 0 Å². The number of hydrogen-bond acceptors (Lipinski definition) is 2. The molecule has 2 nitrogen and oxygen atoms in total. The minimum Gasteiger partial charge on any atom is -0.396 e. The van der Waals surface area contributed by atoms with Gasteiger partial charge in [0.05, 0.1) is 5.92 Å². The van der Waals surface area contributed by atoms with Crippen LogP contribution >= 0.6 is 0 Å². The molecule has 0 bridgehead atoms. The van der Waals surface area contributed by atoms with E-state index in [9.17, 15) is 18.3 Å². The highest BCUT2D eigenvalue weighted by Crippen LogP contribution is 2.38. The number of nitrogens with one attached hydrogen (secondary N) is 1. The molecule has 0 saturated heterocycles. The standard InChI is InChI=1S/C14H24F3NO/c15-14(16,17)12-6-1-2-7-13(12)18-8-10-4-3-5-11(10)9-19/h10-13,18-19H,1-9H2. The molecule has 2 saturated carbocycles. The fourth-order valence-corrected chi connectivity index (χ4v) is 3.69. The molecule has 112 valence electrons. The molecule has 0 radical (unpaired) electrons. The maximum Gasteiger partial charge on any atom is 0.393 e. The second-order valence-corrected chi connectivity index (χ2v) is 6.08. The van der Waals surface area contributed by atoms with Gasteiger partial charge in [-0.1, -0.05) is 19.3 Å². The van der Waals surface area contributed by atoms with Crippen LogP contribution in [0.15, 0.2) is 0 Å². The van der Waals surface area contributed by atoms with Crippen molar-refractivity contribution in [3.63, 3.8) is 0 Å². The highest BCUT2D eigenvalue weighted by molar-refractivity contribution is 4.87. The largest absolute Gasteiger partial charge is 0.396 e. The van der Waals surface area contributed by atoms with E-state index in [-0.39, 0.29) is 18.9 Å². The zero-order valence-corrected chi connectivity index (χ0v) is 11.3. The van der Waals surface area contributed by atoms with Gasteiger partial charge in [0.1, 0.15) is 0 Å². The maximum atomic E-state index is 13.0. The molecule has 2 aliphatic carbocycles. The molecule has 2 aliphatic rings. The van der Waals surface area contributed by atoms with Crippen LogP contribution in [-0.4, -0.2) is 30.5 Å². The van der Waals surface area contributed by atoms with Crippen molar-refractivity contribution in [3.05, 3.63) is 0 Å². The van der Waals surface area contributed by atoms with E-state index in [4.69, 9.17) is 0 Å². The summed E-state index contributed by atoms with van der Waals surface area (Å²) in [5.74, 6) is -0.559. The van der Waals surface area contributed by atoms with E-state index in [1.54, 1.807) is 0 Å². The minimum atomic E-state index is -4.08. The molecule has 2 fully saturated rings. The SMILES string of the molecule is OCC1CCCC1CNC1CCCCC1C(F)(F)F. The summed E-state index contributed by atoms with van der Waals surface area (Å²) in [6, 6.07) is -0.423. The molecule has 0 heterocycles. The normalized spacial score (nSPS) is 36.6. The van der Waals surface area contributed by atoms with E-state index in [0.717, 1.165) is 25.7 Å². The van der Waals surface area contributed by atoms with Gasteiger partial charge in [-0.05, 0) is 44.1 Å². The molecule has 4 atom stereocenters. The third kappa shape index (κ3) is 3.85. The average molecular weight is 279 g/mol. The van der Waals surface area contributed by atoms with E-state index in [0.29, 0.717) is 25.3 Å². The van der Waals surface area contributed by atoms with E-state index in [1.807, 2.05) is 0 Å². The molecular formula is C14H24F3NO. The van der Waals surface area contributed by atoms with Gasteiger partial charge in [-0.15, -0.1) is 0 Å². The van der Waals surface area contributed by atoms with Crippen LogP contribution in [0.2, 0.25) is 0 Å². The van der Waals surface area contributed by atoms with Crippen LogP contribution in [0.4, 0.5) is 13.2 Å². The van der Waals surface area contributed by atoms with Gasteiger partial charge in [-0.3, -0.25) is 0 Å². The first-order chi connectivity index (χ1) is 9.02. The summed E-state index contributed by atoms with van der Waals surface area (Å²) in [6.07, 6.45) is 1.51.